The van der Waals surface area contributed by atoms with E-state index in [1.807, 2.05) is 19.9 Å². The molecule has 0 saturated carbocycles. The Bertz CT molecular complexity index is 324. The van der Waals surface area contributed by atoms with Gasteiger partial charge in [0.1, 0.15) is 0 Å². The van der Waals surface area contributed by atoms with Crippen LogP contribution in [0.1, 0.15) is 26.7 Å². The molecule has 2 aliphatic rings. The van der Waals surface area contributed by atoms with Gasteiger partial charge >= 0.3 is 11.7 Å². The number of carbonyl (C=O) groups is 2. The second-order valence-corrected chi connectivity index (χ2v) is 6.59. The number of rotatable bonds is 1. The number of cyclic esters (lactones) is 2. The first-order valence-corrected chi connectivity index (χ1v) is 6.80. The van der Waals surface area contributed by atoms with Gasteiger partial charge < -0.3 is 4.74 Å². The van der Waals surface area contributed by atoms with Gasteiger partial charge in [0, 0.05) is 13.6 Å². The lowest BCUT2D eigenvalue weighted by Gasteiger charge is -2.31. The Kier molecular flexibility index (Phi) is 2.92. The lowest BCUT2D eigenvalue weighted by atomic mass is 9.99. The van der Waals surface area contributed by atoms with Gasteiger partial charge in [0.15, 0.2) is 0 Å². The van der Waals surface area contributed by atoms with E-state index in [1.165, 1.54) is 0 Å². The van der Waals surface area contributed by atoms with E-state index in [0.717, 1.165) is 12.8 Å². The molecule has 2 aliphatic heterocycles. The van der Waals surface area contributed by atoms with Gasteiger partial charge in [-0.05, 0) is 25.7 Å². The van der Waals surface area contributed by atoms with E-state index in [4.69, 9.17) is 4.74 Å². The standard InChI is InChI=1S/C11H15O3P/c1-3-4-8-6-5-7(2)9-10(12)14-11(13)15(8)9/h3-4,7-9H,5-6H2,1-2H3/b4-3-/t7?,8?,9-,15?/m1/s1. The van der Waals surface area contributed by atoms with Crippen molar-refractivity contribution in [1.29, 1.82) is 0 Å². The average Bonchev–Trinajstić information content (AvgIpc) is 2.48. The predicted molar refractivity (Wildman–Crippen MR) is 59.2 cm³/mol. The zero-order valence-electron chi connectivity index (χ0n) is 8.97. The molecule has 0 aromatic carbocycles. The first-order chi connectivity index (χ1) is 7.15. The highest BCUT2D eigenvalue weighted by Gasteiger charge is 2.52. The topological polar surface area (TPSA) is 43.4 Å². The fourth-order valence-electron chi connectivity index (χ4n) is 2.42. The molecule has 82 valence electrons. The first kappa shape index (κ1) is 10.8. The Balaban J connectivity index is 2.28. The Hall–Kier alpha value is -0.690. The maximum atomic E-state index is 11.6. The normalized spacial score (nSPS) is 40.7. The number of hydrogen-bond donors (Lipinski definition) is 0. The Morgan fingerprint density at radius 2 is 2.13 bits per heavy atom. The number of hydrogen-bond acceptors (Lipinski definition) is 3. The molecule has 0 radical (unpaired) electrons. The molecule has 0 aromatic heterocycles. The van der Waals surface area contributed by atoms with Crippen molar-refractivity contribution in [2.45, 2.75) is 38.0 Å². The van der Waals surface area contributed by atoms with E-state index in [2.05, 4.69) is 6.08 Å². The second kappa shape index (κ2) is 4.05. The highest BCUT2D eigenvalue weighted by Crippen LogP contribution is 2.60. The highest BCUT2D eigenvalue weighted by atomic mass is 31.1. The van der Waals surface area contributed by atoms with E-state index in [-0.39, 0.29) is 23.0 Å². The average molecular weight is 226 g/mol. The molecule has 15 heavy (non-hydrogen) atoms. The largest absolute Gasteiger partial charge is 0.389 e. The number of esters is 1. The number of carbonyl (C=O) groups excluding carboxylic acids is 2. The summed E-state index contributed by atoms with van der Waals surface area (Å²) in [5.41, 5.74) is -0.137. The Morgan fingerprint density at radius 3 is 2.80 bits per heavy atom. The van der Waals surface area contributed by atoms with Crippen LogP contribution in [0, 0.1) is 5.92 Å². The van der Waals surface area contributed by atoms with Crippen molar-refractivity contribution in [2.24, 2.45) is 5.92 Å². The van der Waals surface area contributed by atoms with E-state index < -0.39 is 7.92 Å². The van der Waals surface area contributed by atoms with Crippen LogP contribution in [0.15, 0.2) is 12.2 Å². The van der Waals surface area contributed by atoms with Crippen LogP contribution in [0.3, 0.4) is 0 Å². The molecule has 2 heterocycles. The summed E-state index contributed by atoms with van der Waals surface area (Å²) in [6.07, 6.45) is 6.05. The van der Waals surface area contributed by atoms with Gasteiger partial charge in [0.2, 0.25) is 0 Å². The van der Waals surface area contributed by atoms with Crippen LogP contribution in [0.2, 0.25) is 0 Å². The van der Waals surface area contributed by atoms with Gasteiger partial charge in [0.25, 0.3) is 0 Å². The second-order valence-electron chi connectivity index (χ2n) is 4.19. The van der Waals surface area contributed by atoms with Crippen molar-refractivity contribution in [2.75, 3.05) is 0 Å². The molecule has 2 saturated heterocycles. The van der Waals surface area contributed by atoms with Crippen molar-refractivity contribution < 1.29 is 14.3 Å². The van der Waals surface area contributed by atoms with E-state index in [0.29, 0.717) is 5.92 Å². The van der Waals surface area contributed by atoms with Crippen LogP contribution < -0.4 is 0 Å². The van der Waals surface area contributed by atoms with E-state index in [1.54, 1.807) is 0 Å². The molecule has 2 rings (SSSR count). The molecule has 3 nitrogen and oxygen atoms in total. The number of fused-ring (bicyclic) bond motifs is 1. The molecule has 0 spiro atoms. The van der Waals surface area contributed by atoms with Crippen molar-refractivity contribution in [3.63, 3.8) is 0 Å². The lowest BCUT2D eigenvalue weighted by molar-refractivity contribution is -0.135. The molecule has 0 N–H and O–H groups in total. The summed E-state index contributed by atoms with van der Waals surface area (Å²) >= 11 is 0. The van der Waals surface area contributed by atoms with Gasteiger partial charge in [-0.2, -0.15) is 0 Å². The lowest BCUT2D eigenvalue weighted by Crippen LogP contribution is -2.29. The van der Waals surface area contributed by atoms with E-state index in [9.17, 15) is 9.59 Å². The third-order valence-corrected chi connectivity index (χ3v) is 6.15. The third-order valence-electron chi connectivity index (χ3n) is 3.17. The van der Waals surface area contributed by atoms with Crippen LogP contribution in [-0.4, -0.2) is 23.0 Å². The van der Waals surface area contributed by atoms with Crippen LogP contribution >= 0.6 is 7.92 Å². The van der Waals surface area contributed by atoms with Crippen LogP contribution in [0.4, 0.5) is 4.79 Å². The SMILES string of the molecule is C/C=C\C1CCC(C)[C@@H]2C(=O)OC(=O)P12. The fraction of sp³-hybridized carbons (Fsp3) is 0.636. The summed E-state index contributed by atoms with van der Waals surface area (Å²) in [5.74, 6) is 0.0179. The highest BCUT2D eigenvalue weighted by molar-refractivity contribution is 7.77. The van der Waals surface area contributed by atoms with Crippen molar-refractivity contribution in [3.05, 3.63) is 12.2 Å². The molecule has 4 heteroatoms. The quantitative estimate of drug-likeness (QED) is 0.299. The molecule has 3 unspecified atom stereocenters. The summed E-state index contributed by atoms with van der Waals surface area (Å²) in [6.45, 7) is 4.00. The molecule has 0 bridgehead atoms. The molecule has 0 amide bonds. The molecular formula is C11H15O3P. The number of allylic oxidation sites excluding steroid dienone is 2. The van der Waals surface area contributed by atoms with Crippen LogP contribution in [0.5, 0.6) is 0 Å². The van der Waals surface area contributed by atoms with Gasteiger partial charge in [-0.15, -0.1) is 0 Å². The minimum atomic E-state index is -0.926. The summed E-state index contributed by atoms with van der Waals surface area (Å²) in [4.78, 5) is 23.1. The Morgan fingerprint density at radius 1 is 1.40 bits per heavy atom. The predicted octanol–water partition coefficient (Wildman–Crippen LogP) is 2.89. The minimum Gasteiger partial charge on any atom is -0.389 e. The maximum absolute atomic E-state index is 11.6. The molecule has 4 atom stereocenters. The zero-order chi connectivity index (χ0) is 11.0. The monoisotopic (exact) mass is 226 g/mol. The summed E-state index contributed by atoms with van der Waals surface area (Å²) < 4.78 is 4.77. The maximum Gasteiger partial charge on any atom is 0.335 e. The number of ether oxygens (including phenoxy) is 1. The zero-order valence-corrected chi connectivity index (χ0v) is 9.87. The minimum absolute atomic E-state index is 0.137. The molecule has 2 fully saturated rings. The van der Waals surface area contributed by atoms with Crippen molar-refractivity contribution in [1.82, 2.24) is 0 Å². The summed E-state index contributed by atoms with van der Waals surface area (Å²) in [7, 11) is -0.926. The van der Waals surface area contributed by atoms with E-state index >= 15 is 0 Å². The van der Waals surface area contributed by atoms with Crippen LogP contribution in [-0.2, 0) is 9.53 Å². The Labute approximate surface area is 90.6 Å². The third kappa shape index (κ3) is 1.74. The van der Waals surface area contributed by atoms with Gasteiger partial charge in [-0.1, -0.05) is 19.1 Å². The summed E-state index contributed by atoms with van der Waals surface area (Å²) in [5, 5.41) is 0. The smallest absolute Gasteiger partial charge is 0.335 e. The molecule has 0 aromatic rings. The van der Waals surface area contributed by atoms with Crippen molar-refractivity contribution >= 4 is 19.6 Å². The molecule has 0 aliphatic carbocycles. The van der Waals surface area contributed by atoms with Crippen LogP contribution in [0.25, 0.3) is 0 Å². The van der Waals surface area contributed by atoms with Gasteiger partial charge in [-0.3, -0.25) is 4.79 Å². The van der Waals surface area contributed by atoms with Gasteiger partial charge in [0.05, 0.1) is 5.66 Å². The van der Waals surface area contributed by atoms with Gasteiger partial charge in [-0.25, -0.2) is 4.79 Å². The van der Waals surface area contributed by atoms with Crippen molar-refractivity contribution in [3.8, 4) is 0 Å². The fourth-order valence-corrected chi connectivity index (χ4v) is 5.28. The molecular weight excluding hydrogens is 211 g/mol. The summed E-state index contributed by atoms with van der Waals surface area (Å²) in [6, 6.07) is 0. The first-order valence-electron chi connectivity index (χ1n) is 5.32.